The van der Waals surface area contributed by atoms with Crippen molar-refractivity contribution in [3.05, 3.63) is 69.1 Å². The summed E-state index contributed by atoms with van der Waals surface area (Å²) in [4.78, 5) is 51.2. The molecule has 2 N–H and O–H groups in total. The van der Waals surface area contributed by atoms with Gasteiger partial charge in [0.2, 0.25) is 5.91 Å². The van der Waals surface area contributed by atoms with E-state index in [0.29, 0.717) is 35.5 Å². The number of carboxylic acid groups (broad SMARTS) is 1. The lowest BCUT2D eigenvalue weighted by molar-refractivity contribution is -0.119. The lowest BCUT2D eigenvalue weighted by atomic mass is 10.0. The van der Waals surface area contributed by atoms with Crippen molar-refractivity contribution in [2.45, 2.75) is 44.8 Å². The van der Waals surface area contributed by atoms with Crippen LogP contribution in [0.25, 0.3) is 5.52 Å². The zero-order chi connectivity index (χ0) is 31.0. The molecule has 4 heterocycles. The standard InChI is InChI=1S/C31H30F2N4O7/c1-14-26-19(16-3-4-16)8-20(30(40)41)29(39)37(26)13-24(33)27(14)35-11-21-22(12-35)28(21)44-25-6-5-17(7-23(25)32)36-10-18(43-31(36)42)9-34-15(2)38/h5-8,13,16,18,21-22,28H,3-4,9-12H2,1-2H3,(H,34,38)(H,40,41)/t18-,21-,22+,28?/m0/s1. The molecule has 2 aliphatic carbocycles. The van der Waals surface area contributed by atoms with Gasteiger partial charge < -0.3 is 24.8 Å². The van der Waals surface area contributed by atoms with E-state index in [9.17, 15) is 24.3 Å². The number of anilines is 2. The first-order valence-electron chi connectivity index (χ1n) is 14.6. The number of halogens is 2. The number of rotatable bonds is 8. The molecule has 2 aliphatic heterocycles. The highest BCUT2D eigenvalue weighted by molar-refractivity contribution is 5.90. The van der Waals surface area contributed by atoms with Gasteiger partial charge in [0.15, 0.2) is 17.4 Å². The Morgan fingerprint density at radius 3 is 2.45 bits per heavy atom. The number of fused-ring (bicyclic) bond motifs is 2. The SMILES string of the molecule is CC(=O)NC[C@H]1CN(c2ccc(OC3[C@H]4CN(c5c(F)cn6c(=O)c(C(=O)O)cc(C7CC7)c6c5C)C[C@@H]34)c(F)c2)C(=O)O1. The first kappa shape index (κ1) is 28.1. The number of nitrogens with zero attached hydrogens (tertiary/aromatic N) is 3. The van der Waals surface area contributed by atoms with Crippen LogP contribution in [0.2, 0.25) is 0 Å². The highest BCUT2D eigenvalue weighted by Gasteiger charge is 2.58. The zero-order valence-corrected chi connectivity index (χ0v) is 24.0. The highest BCUT2D eigenvalue weighted by atomic mass is 19.1. The number of cyclic esters (lactones) is 1. The van der Waals surface area contributed by atoms with Crippen LogP contribution in [-0.4, -0.2) is 65.9 Å². The molecule has 0 bridgehead atoms. The third-order valence-electron chi connectivity index (χ3n) is 9.06. The van der Waals surface area contributed by atoms with Gasteiger partial charge in [0.25, 0.3) is 5.56 Å². The van der Waals surface area contributed by atoms with Crippen molar-refractivity contribution in [2.24, 2.45) is 11.8 Å². The smallest absolute Gasteiger partial charge is 0.414 e. The van der Waals surface area contributed by atoms with E-state index in [-0.39, 0.29) is 54.2 Å². The number of benzene rings is 1. The molecule has 7 rings (SSSR count). The van der Waals surface area contributed by atoms with Crippen LogP contribution in [-0.2, 0) is 9.53 Å². The number of aryl methyl sites for hydroxylation is 1. The van der Waals surface area contributed by atoms with Gasteiger partial charge in [-0.3, -0.25) is 18.9 Å². The number of amides is 2. The molecule has 0 spiro atoms. The zero-order valence-electron chi connectivity index (χ0n) is 24.0. The molecular formula is C31H30F2N4O7. The molecule has 2 saturated carbocycles. The van der Waals surface area contributed by atoms with Gasteiger partial charge in [0.1, 0.15) is 17.8 Å². The van der Waals surface area contributed by atoms with Crippen LogP contribution in [0.4, 0.5) is 25.0 Å². The molecule has 3 aromatic rings. The van der Waals surface area contributed by atoms with Crippen LogP contribution in [0.5, 0.6) is 5.75 Å². The maximum absolute atomic E-state index is 15.5. The summed E-state index contributed by atoms with van der Waals surface area (Å²) in [5.41, 5.74) is 1.45. The second-order valence-electron chi connectivity index (χ2n) is 12.1. The summed E-state index contributed by atoms with van der Waals surface area (Å²) >= 11 is 0. The van der Waals surface area contributed by atoms with E-state index in [1.165, 1.54) is 30.0 Å². The molecule has 2 amide bonds. The number of carbonyl (C=O) groups is 3. The van der Waals surface area contributed by atoms with Crippen LogP contribution >= 0.6 is 0 Å². The predicted octanol–water partition coefficient (Wildman–Crippen LogP) is 3.44. The van der Waals surface area contributed by atoms with Crippen LogP contribution in [0.1, 0.15) is 47.2 Å². The number of aromatic carboxylic acids is 1. The summed E-state index contributed by atoms with van der Waals surface area (Å²) in [5, 5.41) is 12.1. The van der Waals surface area contributed by atoms with E-state index >= 15 is 8.78 Å². The van der Waals surface area contributed by atoms with Gasteiger partial charge in [-0.25, -0.2) is 18.4 Å². The summed E-state index contributed by atoms with van der Waals surface area (Å²) < 4.78 is 43.0. The molecule has 230 valence electrons. The number of carbonyl (C=O) groups excluding carboxylic acids is 2. The van der Waals surface area contributed by atoms with Crippen molar-refractivity contribution < 1.29 is 37.7 Å². The van der Waals surface area contributed by atoms with Gasteiger partial charge in [-0.05, 0) is 55.0 Å². The highest BCUT2D eigenvalue weighted by Crippen LogP contribution is 2.51. The molecule has 2 saturated heterocycles. The molecule has 44 heavy (non-hydrogen) atoms. The van der Waals surface area contributed by atoms with Crippen LogP contribution in [0.3, 0.4) is 0 Å². The molecular weight excluding hydrogens is 578 g/mol. The lowest BCUT2D eigenvalue weighted by Crippen LogP contribution is -2.33. The maximum atomic E-state index is 15.5. The van der Waals surface area contributed by atoms with Gasteiger partial charge in [-0.2, -0.15) is 0 Å². The summed E-state index contributed by atoms with van der Waals surface area (Å²) in [6.45, 7) is 4.42. The fourth-order valence-corrected chi connectivity index (χ4v) is 6.71. The molecule has 13 heteroatoms. The van der Waals surface area contributed by atoms with Gasteiger partial charge in [-0.15, -0.1) is 0 Å². The van der Waals surface area contributed by atoms with E-state index in [1.807, 2.05) is 4.90 Å². The summed E-state index contributed by atoms with van der Waals surface area (Å²) in [6.07, 6.45) is 1.43. The molecule has 4 atom stereocenters. The Labute approximate surface area is 250 Å². The van der Waals surface area contributed by atoms with Gasteiger partial charge in [-0.1, -0.05) is 0 Å². The van der Waals surface area contributed by atoms with Crippen molar-refractivity contribution in [2.75, 3.05) is 36.0 Å². The molecule has 11 nitrogen and oxygen atoms in total. The number of hydrogen-bond acceptors (Lipinski definition) is 7. The van der Waals surface area contributed by atoms with Crippen molar-refractivity contribution in [1.82, 2.24) is 9.72 Å². The molecule has 0 radical (unpaired) electrons. The summed E-state index contributed by atoms with van der Waals surface area (Å²) in [5.74, 6) is -2.53. The second kappa shape index (κ2) is 10.2. The van der Waals surface area contributed by atoms with Crippen molar-refractivity contribution in [1.29, 1.82) is 0 Å². The van der Waals surface area contributed by atoms with Crippen LogP contribution in [0.15, 0.2) is 35.3 Å². The summed E-state index contributed by atoms with van der Waals surface area (Å²) in [6, 6.07) is 5.70. The topological polar surface area (TPSA) is 130 Å². The number of hydrogen-bond donors (Lipinski definition) is 2. The number of nitrogens with one attached hydrogen (secondary N) is 1. The minimum Gasteiger partial charge on any atom is -0.487 e. The molecule has 1 aromatic carbocycles. The Hall–Kier alpha value is -4.68. The number of pyridine rings is 2. The van der Waals surface area contributed by atoms with E-state index in [2.05, 4.69) is 5.32 Å². The fraction of sp³-hybridized carbons (Fsp3) is 0.419. The van der Waals surface area contributed by atoms with Gasteiger partial charge >= 0.3 is 12.1 Å². The summed E-state index contributed by atoms with van der Waals surface area (Å²) in [7, 11) is 0. The first-order valence-corrected chi connectivity index (χ1v) is 14.6. The van der Waals surface area contributed by atoms with Crippen molar-refractivity contribution in [3.8, 4) is 5.75 Å². The monoisotopic (exact) mass is 608 g/mol. The van der Waals surface area contributed by atoms with E-state index in [4.69, 9.17) is 9.47 Å². The number of aromatic nitrogens is 1. The predicted molar refractivity (Wildman–Crippen MR) is 154 cm³/mol. The van der Waals surface area contributed by atoms with Crippen molar-refractivity contribution >= 4 is 34.9 Å². The fourth-order valence-electron chi connectivity index (χ4n) is 6.71. The number of carboxylic acids is 1. The first-order chi connectivity index (χ1) is 21.0. The Morgan fingerprint density at radius 2 is 1.82 bits per heavy atom. The molecule has 4 fully saturated rings. The van der Waals surface area contributed by atoms with E-state index in [0.717, 1.165) is 29.0 Å². The Kier molecular flexibility index (Phi) is 6.52. The number of piperidine rings is 1. The molecule has 2 aromatic heterocycles. The minimum absolute atomic E-state index is 0.0479. The normalized spacial score (nSPS) is 24.0. The number of ether oxygens (including phenoxy) is 2. The van der Waals surface area contributed by atoms with Crippen LogP contribution < -0.4 is 25.4 Å². The molecule has 4 aliphatic rings. The lowest BCUT2D eigenvalue weighted by Gasteiger charge is -2.26. The second-order valence-corrected chi connectivity index (χ2v) is 12.1. The third-order valence-corrected chi connectivity index (χ3v) is 9.06. The van der Waals surface area contributed by atoms with Gasteiger partial charge in [0.05, 0.1) is 36.2 Å². The Bertz CT molecular complexity index is 1790. The Balaban J connectivity index is 1.05. The van der Waals surface area contributed by atoms with Gasteiger partial charge in [0, 0.05) is 37.9 Å². The average Bonchev–Trinajstić information content (AvgIpc) is 3.83. The van der Waals surface area contributed by atoms with Crippen molar-refractivity contribution in [3.63, 3.8) is 0 Å². The third kappa shape index (κ3) is 4.70. The quantitative estimate of drug-likeness (QED) is 0.398. The van der Waals surface area contributed by atoms with Crippen LogP contribution in [0, 0.1) is 30.4 Å². The largest absolute Gasteiger partial charge is 0.487 e. The molecule has 1 unspecified atom stereocenters. The van der Waals surface area contributed by atoms with E-state index in [1.54, 1.807) is 13.0 Å². The minimum atomic E-state index is -1.34. The maximum Gasteiger partial charge on any atom is 0.414 e. The van der Waals surface area contributed by atoms with E-state index < -0.39 is 35.4 Å². The Morgan fingerprint density at radius 1 is 1.09 bits per heavy atom. The average molecular weight is 609 g/mol.